The lowest BCUT2D eigenvalue weighted by atomic mass is 10.1. The van der Waals surface area contributed by atoms with Crippen LogP contribution in [0.5, 0.6) is 11.5 Å². The lowest BCUT2D eigenvalue weighted by Gasteiger charge is -2.12. The lowest BCUT2D eigenvalue weighted by Crippen LogP contribution is -2.18. The Bertz CT molecular complexity index is 511. The number of methoxy groups -OCH3 is 1. The smallest absolute Gasteiger partial charge is 0.497 e. The summed E-state index contributed by atoms with van der Waals surface area (Å²) < 4.78 is 49.1. The highest BCUT2D eigenvalue weighted by Gasteiger charge is 2.28. The first-order valence-electron chi connectivity index (χ1n) is 5.74. The monoisotopic (exact) mass is 306 g/mol. The molecule has 0 radical (unpaired) electrons. The van der Waals surface area contributed by atoms with Gasteiger partial charge in [-0.05, 0) is 18.2 Å². The Hall–Kier alpha value is -2.22. The van der Waals surface area contributed by atoms with Crippen molar-refractivity contribution in [3.8, 4) is 11.5 Å². The summed E-state index contributed by atoms with van der Waals surface area (Å²) >= 11 is 0. The minimum Gasteiger partial charge on any atom is -0.497 e. The Kier molecular flexibility index (Phi) is 6.04. The summed E-state index contributed by atoms with van der Waals surface area (Å²) in [7, 11) is 1.42. The largest absolute Gasteiger partial charge is 0.522 e. The third kappa shape index (κ3) is 6.66. The van der Waals surface area contributed by atoms with Crippen LogP contribution in [0.4, 0.5) is 13.2 Å². The normalized spacial score (nSPS) is 11.6. The Morgan fingerprint density at radius 2 is 2.05 bits per heavy atom. The predicted molar refractivity (Wildman–Crippen MR) is 67.2 cm³/mol. The van der Waals surface area contributed by atoms with Crippen molar-refractivity contribution in [3.05, 3.63) is 29.8 Å². The number of halogens is 3. The third-order valence-electron chi connectivity index (χ3n) is 2.23. The van der Waals surface area contributed by atoms with Gasteiger partial charge in [0.1, 0.15) is 18.1 Å². The SMILES string of the molecule is COc1ccc(C=CC(=O)O)c(OCCOC(F)(F)F)c1. The standard InChI is InChI=1S/C13H13F3O5/c1-19-10-4-2-9(3-5-12(17)18)11(8-10)20-6-7-21-13(14,15)16/h2-5,8H,6-7H2,1H3,(H,17,18). The lowest BCUT2D eigenvalue weighted by molar-refractivity contribution is -0.325. The zero-order valence-corrected chi connectivity index (χ0v) is 11.0. The molecule has 0 fully saturated rings. The second kappa shape index (κ2) is 7.53. The molecule has 0 aromatic heterocycles. The minimum absolute atomic E-state index is 0.192. The molecule has 0 atom stereocenters. The first kappa shape index (κ1) is 16.8. The maximum Gasteiger partial charge on any atom is 0.522 e. The maximum atomic E-state index is 11.8. The molecule has 1 aromatic rings. The van der Waals surface area contributed by atoms with E-state index in [1.807, 2.05) is 0 Å². The number of carboxylic acid groups (broad SMARTS) is 1. The van der Waals surface area contributed by atoms with Gasteiger partial charge in [0.25, 0.3) is 0 Å². The average Bonchev–Trinajstić information content (AvgIpc) is 2.40. The molecule has 116 valence electrons. The Morgan fingerprint density at radius 3 is 2.62 bits per heavy atom. The summed E-state index contributed by atoms with van der Waals surface area (Å²) in [6.45, 7) is -1.02. The molecule has 0 spiro atoms. The highest BCUT2D eigenvalue weighted by atomic mass is 19.4. The van der Waals surface area contributed by atoms with Crippen LogP contribution < -0.4 is 9.47 Å². The molecule has 0 saturated carbocycles. The Balaban J connectivity index is 2.74. The molecule has 0 bridgehead atoms. The van der Waals surface area contributed by atoms with Crippen molar-refractivity contribution >= 4 is 12.0 Å². The van der Waals surface area contributed by atoms with Crippen molar-refractivity contribution in [2.24, 2.45) is 0 Å². The molecule has 0 amide bonds. The summed E-state index contributed by atoms with van der Waals surface area (Å²) in [6.07, 6.45) is -2.56. The van der Waals surface area contributed by atoms with Gasteiger partial charge in [0, 0.05) is 17.7 Å². The van der Waals surface area contributed by atoms with Gasteiger partial charge < -0.3 is 14.6 Å². The highest BCUT2D eigenvalue weighted by Crippen LogP contribution is 2.26. The fourth-order valence-electron chi connectivity index (χ4n) is 1.37. The van der Waals surface area contributed by atoms with Crippen LogP contribution in [0.1, 0.15) is 5.56 Å². The quantitative estimate of drug-likeness (QED) is 0.620. The van der Waals surface area contributed by atoms with Crippen molar-refractivity contribution in [1.29, 1.82) is 0 Å². The molecule has 1 N–H and O–H groups in total. The van der Waals surface area contributed by atoms with E-state index in [0.717, 1.165) is 6.08 Å². The first-order chi connectivity index (χ1) is 9.81. The summed E-state index contributed by atoms with van der Waals surface area (Å²) in [4.78, 5) is 10.5. The molecule has 0 saturated heterocycles. The van der Waals surface area contributed by atoms with Gasteiger partial charge in [-0.15, -0.1) is 13.2 Å². The van der Waals surface area contributed by atoms with Gasteiger partial charge in [-0.3, -0.25) is 4.74 Å². The summed E-state index contributed by atoms with van der Waals surface area (Å²) in [5, 5.41) is 8.57. The van der Waals surface area contributed by atoms with E-state index in [4.69, 9.17) is 14.6 Å². The molecule has 1 rings (SSSR count). The van der Waals surface area contributed by atoms with Gasteiger partial charge in [-0.25, -0.2) is 4.79 Å². The topological polar surface area (TPSA) is 65.0 Å². The van der Waals surface area contributed by atoms with Crippen LogP contribution in [0, 0.1) is 0 Å². The van der Waals surface area contributed by atoms with E-state index in [1.165, 1.54) is 25.3 Å². The Morgan fingerprint density at radius 1 is 1.33 bits per heavy atom. The fraction of sp³-hybridized carbons (Fsp3) is 0.308. The molecule has 0 unspecified atom stereocenters. The molecule has 21 heavy (non-hydrogen) atoms. The van der Waals surface area contributed by atoms with Crippen molar-refractivity contribution < 1.29 is 37.3 Å². The van der Waals surface area contributed by atoms with Crippen LogP contribution in [-0.2, 0) is 9.53 Å². The van der Waals surface area contributed by atoms with E-state index < -0.39 is 18.9 Å². The van der Waals surface area contributed by atoms with Crippen LogP contribution in [0.25, 0.3) is 6.08 Å². The molecule has 8 heteroatoms. The van der Waals surface area contributed by atoms with E-state index in [1.54, 1.807) is 6.07 Å². The van der Waals surface area contributed by atoms with Crippen molar-refractivity contribution in [2.75, 3.05) is 20.3 Å². The van der Waals surface area contributed by atoms with Crippen LogP contribution in [0.3, 0.4) is 0 Å². The minimum atomic E-state index is -4.72. The van der Waals surface area contributed by atoms with Gasteiger partial charge in [0.05, 0.1) is 13.7 Å². The van der Waals surface area contributed by atoms with Crippen LogP contribution in [-0.4, -0.2) is 37.8 Å². The number of alkyl halides is 3. The predicted octanol–water partition coefficient (Wildman–Crippen LogP) is 2.71. The number of hydrogen-bond acceptors (Lipinski definition) is 4. The summed E-state index contributed by atoms with van der Waals surface area (Å²) in [5.74, 6) is -0.538. The third-order valence-corrected chi connectivity index (χ3v) is 2.23. The van der Waals surface area contributed by atoms with E-state index in [9.17, 15) is 18.0 Å². The highest BCUT2D eigenvalue weighted by molar-refractivity contribution is 5.86. The number of ether oxygens (including phenoxy) is 3. The van der Waals surface area contributed by atoms with Crippen LogP contribution >= 0.6 is 0 Å². The zero-order chi connectivity index (χ0) is 15.9. The molecule has 0 aliphatic carbocycles. The molecule has 1 aromatic carbocycles. The molecule has 5 nitrogen and oxygen atoms in total. The van der Waals surface area contributed by atoms with Crippen LogP contribution in [0.15, 0.2) is 24.3 Å². The van der Waals surface area contributed by atoms with Gasteiger partial charge in [-0.2, -0.15) is 0 Å². The fourth-order valence-corrected chi connectivity index (χ4v) is 1.37. The average molecular weight is 306 g/mol. The van der Waals surface area contributed by atoms with Crippen molar-refractivity contribution in [1.82, 2.24) is 0 Å². The first-order valence-corrected chi connectivity index (χ1v) is 5.74. The number of carbonyl (C=O) groups is 1. The van der Waals surface area contributed by atoms with Gasteiger partial charge in [-0.1, -0.05) is 0 Å². The maximum absolute atomic E-state index is 11.8. The van der Waals surface area contributed by atoms with E-state index >= 15 is 0 Å². The molecular weight excluding hydrogens is 293 g/mol. The van der Waals surface area contributed by atoms with E-state index in [-0.39, 0.29) is 12.4 Å². The van der Waals surface area contributed by atoms with Gasteiger partial charge in [0.2, 0.25) is 0 Å². The number of benzene rings is 1. The number of rotatable bonds is 7. The van der Waals surface area contributed by atoms with Gasteiger partial charge >= 0.3 is 12.3 Å². The summed E-state index contributed by atoms with van der Waals surface area (Å²) in [5.41, 5.74) is 0.394. The van der Waals surface area contributed by atoms with E-state index in [0.29, 0.717) is 11.3 Å². The zero-order valence-electron chi connectivity index (χ0n) is 11.0. The van der Waals surface area contributed by atoms with Crippen molar-refractivity contribution in [2.45, 2.75) is 6.36 Å². The molecule has 0 aliphatic heterocycles. The van der Waals surface area contributed by atoms with Gasteiger partial charge in [0.15, 0.2) is 0 Å². The Labute approximate surface area is 118 Å². The van der Waals surface area contributed by atoms with E-state index in [2.05, 4.69) is 4.74 Å². The molecule has 0 heterocycles. The second-order valence-corrected chi connectivity index (χ2v) is 3.72. The molecular formula is C13H13F3O5. The molecule has 0 aliphatic rings. The number of carboxylic acids is 1. The second-order valence-electron chi connectivity index (χ2n) is 3.72. The number of hydrogen-bond donors (Lipinski definition) is 1. The van der Waals surface area contributed by atoms with Crippen molar-refractivity contribution in [3.63, 3.8) is 0 Å². The summed E-state index contributed by atoms with van der Waals surface area (Å²) in [6, 6.07) is 4.54. The van der Waals surface area contributed by atoms with Crippen LogP contribution in [0.2, 0.25) is 0 Å². The number of aliphatic carboxylic acids is 1.